The summed E-state index contributed by atoms with van der Waals surface area (Å²) in [4.78, 5) is 21.2. The number of H-pyrrole nitrogens is 2. The molecule has 1 atom stereocenters. The lowest BCUT2D eigenvalue weighted by molar-refractivity contribution is 0.0686. The van der Waals surface area contributed by atoms with Crippen LogP contribution in [-0.4, -0.2) is 54.7 Å². The number of hydrogen-bond acceptors (Lipinski definition) is 5. The van der Waals surface area contributed by atoms with Gasteiger partial charge in [0.1, 0.15) is 5.69 Å². The predicted octanol–water partition coefficient (Wildman–Crippen LogP) is 1.68. The second-order valence-corrected chi connectivity index (χ2v) is 6.35. The van der Waals surface area contributed by atoms with Gasteiger partial charge in [0, 0.05) is 30.8 Å². The van der Waals surface area contributed by atoms with Crippen LogP contribution >= 0.6 is 11.8 Å². The molecular formula is C14H19N5O2S. The van der Waals surface area contributed by atoms with Crippen LogP contribution in [0.1, 0.15) is 39.9 Å². The Morgan fingerprint density at radius 2 is 2.45 bits per heavy atom. The fourth-order valence-electron chi connectivity index (χ4n) is 2.98. The molecule has 2 aromatic rings. The van der Waals surface area contributed by atoms with Gasteiger partial charge in [-0.05, 0) is 18.4 Å². The number of aromatic nitrogens is 4. The van der Waals surface area contributed by atoms with Crippen LogP contribution in [-0.2, 0) is 13.0 Å². The van der Waals surface area contributed by atoms with Crippen molar-refractivity contribution < 1.29 is 9.90 Å². The second-order valence-electron chi connectivity index (χ2n) is 5.36. The molecule has 3 heterocycles. The van der Waals surface area contributed by atoms with Crippen LogP contribution in [0, 0.1) is 0 Å². The summed E-state index contributed by atoms with van der Waals surface area (Å²) in [7, 11) is 0. The van der Waals surface area contributed by atoms with Crippen LogP contribution in [0.4, 0.5) is 0 Å². The first kappa shape index (κ1) is 15.1. The molecule has 0 saturated carbocycles. The minimum atomic E-state index is -0.967. The molecule has 118 valence electrons. The maximum Gasteiger partial charge on any atom is 0.354 e. The lowest BCUT2D eigenvalue weighted by Gasteiger charge is -2.34. The van der Waals surface area contributed by atoms with Gasteiger partial charge in [0.25, 0.3) is 0 Å². The van der Waals surface area contributed by atoms with Crippen molar-refractivity contribution in [3.63, 3.8) is 0 Å². The monoisotopic (exact) mass is 321 g/mol. The minimum Gasteiger partial charge on any atom is -0.477 e. The molecule has 0 radical (unpaired) electrons. The van der Waals surface area contributed by atoms with E-state index in [2.05, 4.69) is 31.3 Å². The van der Waals surface area contributed by atoms with Crippen molar-refractivity contribution in [1.82, 2.24) is 25.1 Å². The highest BCUT2D eigenvalue weighted by Gasteiger charge is 2.30. The second kappa shape index (κ2) is 6.53. The maximum absolute atomic E-state index is 11.2. The normalized spacial score (nSPS) is 18.3. The molecule has 0 saturated heterocycles. The first-order valence-corrected chi connectivity index (χ1v) is 8.60. The van der Waals surface area contributed by atoms with Gasteiger partial charge in [-0.1, -0.05) is 0 Å². The average Bonchev–Trinajstić information content (AvgIpc) is 3.14. The van der Waals surface area contributed by atoms with Gasteiger partial charge in [0.15, 0.2) is 0 Å². The topological polar surface area (TPSA) is 97.9 Å². The Balaban J connectivity index is 1.82. The molecule has 0 amide bonds. The Kier molecular flexibility index (Phi) is 4.49. The SMILES string of the molecule is CSCCC1c2nc[nH]c2CCN1Cc1cn[nH]c1C(=O)O. The number of fused-ring (bicyclic) bond motifs is 1. The van der Waals surface area contributed by atoms with E-state index in [1.54, 1.807) is 12.5 Å². The summed E-state index contributed by atoms with van der Waals surface area (Å²) in [6.45, 7) is 1.46. The van der Waals surface area contributed by atoms with Gasteiger partial charge in [0.2, 0.25) is 0 Å². The smallest absolute Gasteiger partial charge is 0.354 e. The molecule has 1 aliphatic rings. The molecule has 22 heavy (non-hydrogen) atoms. The maximum atomic E-state index is 11.2. The molecule has 7 nitrogen and oxygen atoms in total. The zero-order valence-electron chi connectivity index (χ0n) is 12.4. The number of carboxylic acids is 1. The fraction of sp³-hybridized carbons (Fsp3) is 0.500. The number of aromatic amines is 2. The van der Waals surface area contributed by atoms with Gasteiger partial charge in [-0.15, -0.1) is 0 Å². The van der Waals surface area contributed by atoms with Crippen LogP contribution in [0.3, 0.4) is 0 Å². The average molecular weight is 321 g/mol. The summed E-state index contributed by atoms with van der Waals surface area (Å²) in [6, 6.07) is 0.221. The van der Waals surface area contributed by atoms with Crippen LogP contribution in [0.15, 0.2) is 12.5 Å². The van der Waals surface area contributed by atoms with E-state index >= 15 is 0 Å². The van der Waals surface area contributed by atoms with Crippen LogP contribution in [0.2, 0.25) is 0 Å². The van der Waals surface area contributed by atoms with Crippen LogP contribution in [0.25, 0.3) is 0 Å². The van der Waals surface area contributed by atoms with Gasteiger partial charge < -0.3 is 10.1 Å². The molecule has 0 bridgehead atoms. The molecule has 8 heteroatoms. The third kappa shape index (κ3) is 2.89. The van der Waals surface area contributed by atoms with E-state index in [-0.39, 0.29) is 11.7 Å². The highest BCUT2D eigenvalue weighted by atomic mass is 32.2. The summed E-state index contributed by atoms with van der Waals surface area (Å²) in [5.74, 6) is 0.0793. The van der Waals surface area contributed by atoms with E-state index in [9.17, 15) is 9.90 Å². The fourth-order valence-corrected chi connectivity index (χ4v) is 3.44. The summed E-state index contributed by atoms with van der Waals surface area (Å²) < 4.78 is 0. The quantitative estimate of drug-likeness (QED) is 0.749. The zero-order chi connectivity index (χ0) is 15.5. The third-order valence-corrected chi connectivity index (χ3v) is 4.70. The number of imidazole rings is 1. The van der Waals surface area contributed by atoms with Gasteiger partial charge >= 0.3 is 5.97 Å². The summed E-state index contributed by atoms with van der Waals surface area (Å²) in [5.41, 5.74) is 3.20. The Morgan fingerprint density at radius 1 is 1.59 bits per heavy atom. The van der Waals surface area contributed by atoms with Crippen molar-refractivity contribution >= 4 is 17.7 Å². The van der Waals surface area contributed by atoms with Crippen molar-refractivity contribution in [2.24, 2.45) is 0 Å². The molecule has 0 aliphatic carbocycles. The Bertz CT molecular complexity index is 653. The van der Waals surface area contributed by atoms with Crippen LogP contribution < -0.4 is 0 Å². The summed E-state index contributed by atoms with van der Waals surface area (Å²) in [5, 5.41) is 15.6. The molecule has 3 N–H and O–H groups in total. The summed E-state index contributed by atoms with van der Waals surface area (Å²) >= 11 is 1.81. The number of carbonyl (C=O) groups is 1. The van der Waals surface area contributed by atoms with E-state index in [0.717, 1.165) is 36.4 Å². The van der Waals surface area contributed by atoms with Gasteiger partial charge in [-0.3, -0.25) is 10.00 Å². The molecular weight excluding hydrogens is 302 g/mol. The lowest BCUT2D eigenvalue weighted by Crippen LogP contribution is -2.35. The molecule has 0 fully saturated rings. The standard InChI is InChI=1S/C14H19N5O2S/c1-22-5-3-11-13-10(15-8-16-13)2-4-19(11)7-9-6-17-18-12(9)14(20)21/h6,8,11H,2-5,7H2,1H3,(H,15,16)(H,17,18)(H,20,21). The Morgan fingerprint density at radius 3 is 3.23 bits per heavy atom. The number of aromatic carboxylic acids is 1. The van der Waals surface area contributed by atoms with E-state index in [1.807, 2.05) is 11.8 Å². The third-order valence-electron chi connectivity index (χ3n) is 4.06. The summed E-state index contributed by atoms with van der Waals surface area (Å²) in [6.07, 6.45) is 7.36. The van der Waals surface area contributed by atoms with E-state index < -0.39 is 5.97 Å². The van der Waals surface area contributed by atoms with Crippen molar-refractivity contribution in [3.05, 3.63) is 35.2 Å². The molecule has 0 aromatic carbocycles. The van der Waals surface area contributed by atoms with Crippen molar-refractivity contribution in [1.29, 1.82) is 0 Å². The van der Waals surface area contributed by atoms with Crippen molar-refractivity contribution in [3.8, 4) is 0 Å². The van der Waals surface area contributed by atoms with Crippen LogP contribution in [0.5, 0.6) is 0 Å². The molecule has 1 unspecified atom stereocenters. The number of thioether (sulfide) groups is 1. The van der Waals surface area contributed by atoms with E-state index in [1.165, 1.54) is 5.69 Å². The van der Waals surface area contributed by atoms with Crippen molar-refractivity contribution in [2.45, 2.75) is 25.4 Å². The number of nitrogens with zero attached hydrogens (tertiary/aromatic N) is 3. The van der Waals surface area contributed by atoms with Crippen molar-refractivity contribution in [2.75, 3.05) is 18.6 Å². The first-order chi connectivity index (χ1) is 10.7. The number of nitrogens with one attached hydrogen (secondary N) is 2. The molecule has 3 rings (SSSR count). The predicted molar refractivity (Wildman–Crippen MR) is 84.0 cm³/mol. The van der Waals surface area contributed by atoms with Gasteiger partial charge in [-0.2, -0.15) is 16.9 Å². The lowest BCUT2D eigenvalue weighted by atomic mass is 9.99. The molecule has 1 aliphatic heterocycles. The highest BCUT2D eigenvalue weighted by molar-refractivity contribution is 7.98. The molecule has 0 spiro atoms. The Hall–Kier alpha value is -1.80. The number of hydrogen-bond donors (Lipinski definition) is 3. The largest absolute Gasteiger partial charge is 0.477 e. The van der Waals surface area contributed by atoms with E-state index in [4.69, 9.17) is 0 Å². The van der Waals surface area contributed by atoms with E-state index in [0.29, 0.717) is 6.54 Å². The zero-order valence-corrected chi connectivity index (χ0v) is 13.2. The van der Waals surface area contributed by atoms with Gasteiger partial charge in [-0.25, -0.2) is 9.78 Å². The minimum absolute atomic E-state index is 0.177. The highest BCUT2D eigenvalue weighted by Crippen LogP contribution is 2.32. The Labute approximate surface area is 132 Å². The molecule has 2 aromatic heterocycles. The first-order valence-electron chi connectivity index (χ1n) is 7.21. The number of carboxylic acid groups (broad SMARTS) is 1. The van der Waals surface area contributed by atoms with Gasteiger partial charge in [0.05, 0.1) is 24.3 Å². The number of rotatable bonds is 6.